The second-order valence-corrected chi connectivity index (χ2v) is 5.44. The monoisotopic (exact) mass is 336 g/mol. The summed E-state index contributed by atoms with van der Waals surface area (Å²) >= 11 is 0. The molecule has 0 aromatic heterocycles. The Labute approximate surface area is 149 Å². The van der Waals surface area contributed by atoms with E-state index >= 15 is 0 Å². The normalized spacial score (nSPS) is 10.8. The van der Waals surface area contributed by atoms with E-state index in [-0.39, 0.29) is 5.97 Å². The van der Waals surface area contributed by atoms with Crippen LogP contribution in [0.25, 0.3) is 11.6 Å². The topological polar surface area (TPSA) is 46.5 Å². The van der Waals surface area contributed by atoms with Crippen LogP contribution >= 0.6 is 0 Å². The average molecular weight is 336 g/mol. The second-order valence-electron chi connectivity index (χ2n) is 5.44. The maximum absolute atomic E-state index is 10.2. The Bertz CT molecular complexity index is 739. The standard InChI is InChI=1S/C17H16O.C5H8O2/c1-14(16-8-3-2-4-9-16)6-5-7-15-10-12-17(18)13-11-15;1-4(2)5(6)7-3/h2-13,18H,1H3;1H2,2-3H3. The van der Waals surface area contributed by atoms with Gasteiger partial charge in [0.25, 0.3) is 0 Å². The van der Waals surface area contributed by atoms with Crippen LogP contribution in [0, 0.1) is 0 Å². The second kappa shape index (κ2) is 10.7. The lowest BCUT2D eigenvalue weighted by molar-refractivity contribution is -0.136. The first-order chi connectivity index (χ1) is 11.9. The number of aromatic hydroxyl groups is 1. The fourth-order valence-electron chi connectivity index (χ4n) is 1.86. The highest BCUT2D eigenvalue weighted by Gasteiger charge is 1.95. The summed E-state index contributed by atoms with van der Waals surface area (Å²) in [5.74, 6) is -0.0526. The molecule has 0 heterocycles. The molecule has 0 spiro atoms. The van der Waals surface area contributed by atoms with Gasteiger partial charge in [-0.2, -0.15) is 0 Å². The first-order valence-corrected chi connectivity index (χ1v) is 7.87. The molecule has 0 saturated heterocycles. The number of allylic oxidation sites excluding steroid dienone is 3. The van der Waals surface area contributed by atoms with Crippen LogP contribution in [0.4, 0.5) is 0 Å². The molecule has 0 amide bonds. The quantitative estimate of drug-likeness (QED) is 0.471. The average Bonchev–Trinajstić information content (AvgIpc) is 2.63. The Hall–Kier alpha value is -3.07. The predicted octanol–water partition coefficient (Wildman–Crippen LogP) is 5.24. The van der Waals surface area contributed by atoms with Crippen molar-refractivity contribution in [1.29, 1.82) is 0 Å². The third-order valence-corrected chi connectivity index (χ3v) is 3.29. The third-order valence-electron chi connectivity index (χ3n) is 3.29. The highest BCUT2D eigenvalue weighted by atomic mass is 16.5. The number of benzene rings is 2. The molecule has 3 heteroatoms. The minimum absolute atomic E-state index is 0.295. The van der Waals surface area contributed by atoms with E-state index in [4.69, 9.17) is 0 Å². The summed E-state index contributed by atoms with van der Waals surface area (Å²) in [5, 5.41) is 9.18. The number of carbonyl (C=O) groups excluding carboxylic acids is 1. The number of phenolic OH excluding ortho intramolecular Hbond substituents is 1. The molecule has 0 aliphatic heterocycles. The number of hydrogen-bond donors (Lipinski definition) is 1. The fourth-order valence-corrected chi connectivity index (χ4v) is 1.86. The van der Waals surface area contributed by atoms with Crippen LogP contribution in [0.1, 0.15) is 25.0 Å². The lowest BCUT2D eigenvalue weighted by Gasteiger charge is -1.98. The Kier molecular flexibility index (Phi) is 8.52. The minimum Gasteiger partial charge on any atom is -0.508 e. The van der Waals surface area contributed by atoms with Crippen LogP contribution in [0.2, 0.25) is 0 Å². The van der Waals surface area contributed by atoms with E-state index in [0.717, 1.165) is 5.56 Å². The molecule has 25 heavy (non-hydrogen) atoms. The maximum atomic E-state index is 10.2. The van der Waals surface area contributed by atoms with Crippen molar-refractivity contribution in [3.05, 3.63) is 90.0 Å². The number of methoxy groups -OCH3 is 1. The fraction of sp³-hybridized carbons (Fsp3) is 0.136. The largest absolute Gasteiger partial charge is 0.508 e. The first kappa shape index (κ1) is 20.0. The van der Waals surface area contributed by atoms with Gasteiger partial charge in [0, 0.05) is 5.57 Å². The zero-order chi connectivity index (χ0) is 18.7. The van der Waals surface area contributed by atoms with Crippen LogP contribution < -0.4 is 0 Å². The van der Waals surface area contributed by atoms with Crippen molar-refractivity contribution in [2.75, 3.05) is 7.11 Å². The van der Waals surface area contributed by atoms with Gasteiger partial charge in [-0.3, -0.25) is 0 Å². The Balaban J connectivity index is 0.000000381. The van der Waals surface area contributed by atoms with Crippen molar-refractivity contribution < 1.29 is 14.6 Å². The van der Waals surface area contributed by atoms with Gasteiger partial charge in [0.2, 0.25) is 0 Å². The molecule has 1 N–H and O–H groups in total. The summed E-state index contributed by atoms with van der Waals surface area (Å²) in [6.45, 7) is 7.05. The highest BCUT2D eigenvalue weighted by Crippen LogP contribution is 2.14. The van der Waals surface area contributed by atoms with Gasteiger partial charge in [-0.15, -0.1) is 0 Å². The Morgan fingerprint density at radius 3 is 2.12 bits per heavy atom. The van der Waals surface area contributed by atoms with E-state index in [9.17, 15) is 9.90 Å². The number of carbonyl (C=O) groups is 1. The van der Waals surface area contributed by atoms with E-state index in [2.05, 4.69) is 36.4 Å². The first-order valence-electron chi connectivity index (χ1n) is 7.87. The predicted molar refractivity (Wildman–Crippen MR) is 104 cm³/mol. The summed E-state index contributed by atoms with van der Waals surface area (Å²) in [6, 6.07) is 17.4. The number of esters is 1. The van der Waals surface area contributed by atoms with Crippen LogP contribution in [0.3, 0.4) is 0 Å². The van der Waals surface area contributed by atoms with Gasteiger partial charge in [0.05, 0.1) is 7.11 Å². The molecule has 0 aliphatic rings. The van der Waals surface area contributed by atoms with E-state index in [1.807, 2.05) is 42.5 Å². The van der Waals surface area contributed by atoms with Gasteiger partial charge >= 0.3 is 5.97 Å². The molecule has 2 aromatic rings. The molecule has 0 aliphatic carbocycles. The summed E-state index contributed by atoms with van der Waals surface area (Å²) in [7, 11) is 1.33. The van der Waals surface area contributed by atoms with Crippen LogP contribution in [-0.2, 0) is 9.53 Å². The number of ether oxygens (including phenoxy) is 1. The van der Waals surface area contributed by atoms with Gasteiger partial charge in [0.15, 0.2) is 0 Å². The smallest absolute Gasteiger partial charge is 0.332 e. The maximum Gasteiger partial charge on any atom is 0.332 e. The van der Waals surface area contributed by atoms with Gasteiger partial charge in [-0.1, -0.05) is 67.3 Å². The zero-order valence-corrected chi connectivity index (χ0v) is 14.9. The lowest BCUT2D eigenvalue weighted by Crippen LogP contribution is -1.98. The molecule has 0 radical (unpaired) electrons. The van der Waals surface area contributed by atoms with Crippen LogP contribution in [0.15, 0.2) is 78.9 Å². The molecule has 3 nitrogen and oxygen atoms in total. The number of phenols is 1. The molecule has 0 bridgehead atoms. The molecule has 0 saturated carbocycles. The van der Waals surface area contributed by atoms with Gasteiger partial charge in [0.1, 0.15) is 5.75 Å². The molecular formula is C22H24O3. The van der Waals surface area contributed by atoms with E-state index in [1.165, 1.54) is 18.2 Å². The Morgan fingerprint density at radius 1 is 1.04 bits per heavy atom. The SMILES string of the molecule is C=C(C)C(=O)OC.CC(=CC=Cc1ccc(O)cc1)c1ccccc1. The zero-order valence-electron chi connectivity index (χ0n) is 14.9. The van der Waals surface area contributed by atoms with Crippen molar-refractivity contribution in [2.45, 2.75) is 13.8 Å². The molecule has 0 unspecified atom stereocenters. The summed E-state index contributed by atoms with van der Waals surface area (Å²) in [6.07, 6.45) is 6.13. The van der Waals surface area contributed by atoms with E-state index in [1.54, 1.807) is 19.1 Å². The van der Waals surface area contributed by atoms with Crippen molar-refractivity contribution in [2.24, 2.45) is 0 Å². The van der Waals surface area contributed by atoms with Gasteiger partial charge in [-0.25, -0.2) is 4.79 Å². The van der Waals surface area contributed by atoms with Crippen LogP contribution in [-0.4, -0.2) is 18.2 Å². The molecule has 0 fully saturated rings. The molecule has 2 rings (SSSR count). The summed E-state index contributed by atoms with van der Waals surface area (Å²) in [4.78, 5) is 10.2. The number of rotatable bonds is 4. The van der Waals surface area contributed by atoms with Crippen molar-refractivity contribution in [3.63, 3.8) is 0 Å². The van der Waals surface area contributed by atoms with E-state index < -0.39 is 0 Å². The summed E-state index contributed by atoms with van der Waals surface area (Å²) in [5.41, 5.74) is 3.96. The molecule has 2 aromatic carbocycles. The van der Waals surface area contributed by atoms with Crippen molar-refractivity contribution >= 4 is 17.6 Å². The molecule has 0 atom stereocenters. The molecule has 130 valence electrons. The van der Waals surface area contributed by atoms with Gasteiger partial charge in [-0.05, 0) is 42.7 Å². The van der Waals surface area contributed by atoms with E-state index in [0.29, 0.717) is 11.3 Å². The lowest BCUT2D eigenvalue weighted by atomic mass is 10.1. The van der Waals surface area contributed by atoms with Crippen LogP contribution in [0.5, 0.6) is 5.75 Å². The highest BCUT2D eigenvalue weighted by molar-refractivity contribution is 5.86. The molecular weight excluding hydrogens is 312 g/mol. The third kappa shape index (κ3) is 7.84. The van der Waals surface area contributed by atoms with Crippen molar-refractivity contribution in [1.82, 2.24) is 0 Å². The van der Waals surface area contributed by atoms with Crippen molar-refractivity contribution in [3.8, 4) is 5.75 Å². The number of hydrogen-bond acceptors (Lipinski definition) is 3. The Morgan fingerprint density at radius 2 is 1.64 bits per heavy atom. The summed E-state index contributed by atoms with van der Waals surface area (Å²) < 4.78 is 4.27. The minimum atomic E-state index is -0.347. The van der Waals surface area contributed by atoms with Gasteiger partial charge < -0.3 is 9.84 Å².